The number of nitrogens with one attached hydrogen (secondary N) is 1. The Bertz CT molecular complexity index is 682. The van der Waals surface area contributed by atoms with E-state index >= 15 is 0 Å². The Morgan fingerprint density at radius 3 is 2.56 bits per heavy atom. The molecule has 25 heavy (non-hydrogen) atoms. The molecular formula is C21H33N3O. The number of hydrogen-bond acceptors (Lipinski definition) is 2. The first-order valence-electron chi connectivity index (χ1n) is 9.66. The number of carbonyl (C=O) groups is 1. The second-order valence-electron chi connectivity index (χ2n) is 7.84. The van der Waals surface area contributed by atoms with Crippen LogP contribution < -0.4 is 5.32 Å². The minimum atomic E-state index is -0.348. The van der Waals surface area contributed by atoms with Crippen LogP contribution in [-0.2, 0) is 17.8 Å². The van der Waals surface area contributed by atoms with E-state index in [1.54, 1.807) is 0 Å². The summed E-state index contributed by atoms with van der Waals surface area (Å²) in [7, 11) is 0. The molecule has 0 saturated heterocycles. The van der Waals surface area contributed by atoms with E-state index in [0.29, 0.717) is 6.54 Å². The number of carbonyl (C=O) groups excluding carboxylic acids is 1. The normalized spacial score (nSPS) is 11.8. The lowest BCUT2D eigenvalue weighted by Gasteiger charge is -2.17. The zero-order chi connectivity index (χ0) is 18.3. The number of unbranched alkanes of at least 4 members (excludes halogenated alkanes) is 4. The lowest BCUT2D eigenvalue weighted by molar-refractivity contribution is -0.128. The minimum absolute atomic E-state index is 0.0923. The predicted octanol–water partition coefficient (Wildman–Crippen LogP) is 4.71. The molecule has 0 radical (unpaired) electrons. The quantitative estimate of drug-likeness (QED) is 0.670. The molecule has 2 rings (SSSR count). The number of nitrogens with zero attached hydrogens (tertiary/aromatic N) is 2. The van der Waals surface area contributed by atoms with Crippen LogP contribution in [0.4, 0.5) is 0 Å². The van der Waals surface area contributed by atoms with Crippen molar-refractivity contribution in [3.8, 4) is 0 Å². The average molecular weight is 344 g/mol. The third kappa shape index (κ3) is 5.58. The lowest BCUT2D eigenvalue weighted by Crippen LogP contribution is -2.36. The molecule has 0 atom stereocenters. The third-order valence-electron chi connectivity index (χ3n) is 4.53. The first-order chi connectivity index (χ1) is 11.9. The fourth-order valence-corrected chi connectivity index (χ4v) is 2.99. The molecule has 1 N–H and O–H groups in total. The van der Waals surface area contributed by atoms with Crippen molar-refractivity contribution in [1.82, 2.24) is 14.9 Å². The third-order valence-corrected chi connectivity index (χ3v) is 4.53. The summed E-state index contributed by atoms with van der Waals surface area (Å²) in [5.74, 6) is 1.17. The van der Waals surface area contributed by atoms with Crippen LogP contribution in [0.2, 0.25) is 0 Å². The Morgan fingerprint density at radius 2 is 1.84 bits per heavy atom. The highest BCUT2D eigenvalue weighted by atomic mass is 16.2. The Labute approximate surface area is 152 Å². The molecule has 1 amide bonds. The smallest absolute Gasteiger partial charge is 0.225 e. The van der Waals surface area contributed by atoms with Crippen LogP contribution in [0.3, 0.4) is 0 Å². The summed E-state index contributed by atoms with van der Waals surface area (Å²) in [5.41, 5.74) is 1.91. The second-order valence-corrected chi connectivity index (χ2v) is 7.84. The molecule has 1 aromatic heterocycles. The van der Waals surface area contributed by atoms with Crippen molar-refractivity contribution in [3.63, 3.8) is 0 Å². The van der Waals surface area contributed by atoms with Gasteiger partial charge in [0.05, 0.1) is 11.0 Å². The molecule has 0 bridgehead atoms. The zero-order valence-corrected chi connectivity index (χ0v) is 16.3. The average Bonchev–Trinajstić information content (AvgIpc) is 2.91. The van der Waals surface area contributed by atoms with Gasteiger partial charge in [-0.1, -0.05) is 65.5 Å². The van der Waals surface area contributed by atoms with Crippen LogP contribution in [0.15, 0.2) is 24.3 Å². The summed E-state index contributed by atoms with van der Waals surface area (Å²) in [6, 6.07) is 8.32. The molecule has 138 valence electrons. The number of para-hydroxylation sites is 2. The van der Waals surface area contributed by atoms with Gasteiger partial charge in [-0.05, 0) is 18.6 Å². The van der Waals surface area contributed by atoms with Gasteiger partial charge in [0.1, 0.15) is 5.82 Å². The number of rotatable bonds is 9. The van der Waals surface area contributed by atoms with Gasteiger partial charge in [-0.25, -0.2) is 4.98 Å². The number of amides is 1. The van der Waals surface area contributed by atoms with Crippen molar-refractivity contribution < 1.29 is 4.79 Å². The molecule has 1 heterocycles. The van der Waals surface area contributed by atoms with Crippen molar-refractivity contribution in [2.75, 3.05) is 6.54 Å². The number of fused-ring (bicyclic) bond motifs is 1. The molecule has 1 aromatic carbocycles. The highest BCUT2D eigenvalue weighted by Crippen LogP contribution is 2.18. The molecule has 2 aromatic rings. The summed E-state index contributed by atoms with van der Waals surface area (Å²) >= 11 is 0. The van der Waals surface area contributed by atoms with E-state index in [0.717, 1.165) is 24.3 Å². The maximum atomic E-state index is 12.0. The summed E-state index contributed by atoms with van der Waals surface area (Å²) in [5, 5.41) is 3.03. The van der Waals surface area contributed by atoms with E-state index in [9.17, 15) is 4.79 Å². The van der Waals surface area contributed by atoms with E-state index < -0.39 is 0 Å². The largest absolute Gasteiger partial charge is 0.355 e. The first kappa shape index (κ1) is 19.5. The van der Waals surface area contributed by atoms with Crippen LogP contribution in [0, 0.1) is 5.41 Å². The zero-order valence-electron chi connectivity index (χ0n) is 16.3. The minimum Gasteiger partial charge on any atom is -0.355 e. The first-order valence-corrected chi connectivity index (χ1v) is 9.66. The van der Waals surface area contributed by atoms with E-state index in [1.807, 2.05) is 26.8 Å². The molecule has 4 heteroatoms. The van der Waals surface area contributed by atoms with Gasteiger partial charge in [-0.3, -0.25) is 4.79 Å². The summed E-state index contributed by atoms with van der Waals surface area (Å²) in [4.78, 5) is 16.8. The molecule has 0 fully saturated rings. The SMILES string of the molecule is CCCCCCCn1c(CCNC(=O)C(C)(C)C)nc2ccccc21. The molecule has 0 saturated carbocycles. The highest BCUT2D eigenvalue weighted by Gasteiger charge is 2.20. The topological polar surface area (TPSA) is 46.9 Å². The Balaban J connectivity index is 2.02. The number of hydrogen-bond donors (Lipinski definition) is 1. The van der Waals surface area contributed by atoms with Crippen molar-refractivity contribution in [2.45, 2.75) is 72.8 Å². The number of imidazole rings is 1. The van der Waals surface area contributed by atoms with Crippen LogP contribution in [0.25, 0.3) is 11.0 Å². The van der Waals surface area contributed by atoms with Crippen molar-refractivity contribution >= 4 is 16.9 Å². The molecule has 0 aliphatic carbocycles. The molecular weight excluding hydrogens is 310 g/mol. The lowest BCUT2D eigenvalue weighted by atomic mass is 9.96. The summed E-state index contributed by atoms with van der Waals surface area (Å²) < 4.78 is 2.34. The van der Waals surface area contributed by atoms with Crippen molar-refractivity contribution in [2.24, 2.45) is 5.41 Å². The maximum absolute atomic E-state index is 12.0. The van der Waals surface area contributed by atoms with Gasteiger partial charge in [0.2, 0.25) is 5.91 Å². The van der Waals surface area contributed by atoms with Crippen molar-refractivity contribution in [1.29, 1.82) is 0 Å². The monoisotopic (exact) mass is 343 g/mol. The summed E-state index contributed by atoms with van der Waals surface area (Å²) in [6.07, 6.45) is 7.11. The van der Waals surface area contributed by atoms with Gasteiger partial charge in [0.15, 0.2) is 0 Å². The molecule has 4 nitrogen and oxygen atoms in total. The molecule has 0 unspecified atom stereocenters. The highest BCUT2D eigenvalue weighted by molar-refractivity contribution is 5.81. The van der Waals surface area contributed by atoms with Gasteiger partial charge < -0.3 is 9.88 Å². The maximum Gasteiger partial charge on any atom is 0.225 e. The number of aromatic nitrogens is 2. The molecule has 0 spiro atoms. The van der Waals surface area contributed by atoms with E-state index in [-0.39, 0.29) is 11.3 Å². The number of aryl methyl sites for hydroxylation is 1. The van der Waals surface area contributed by atoms with Gasteiger partial charge in [-0.2, -0.15) is 0 Å². The van der Waals surface area contributed by atoms with E-state index in [4.69, 9.17) is 4.98 Å². The van der Waals surface area contributed by atoms with Crippen LogP contribution in [0.1, 0.15) is 65.6 Å². The van der Waals surface area contributed by atoms with Gasteiger partial charge in [-0.15, -0.1) is 0 Å². The van der Waals surface area contributed by atoms with Gasteiger partial charge in [0.25, 0.3) is 0 Å². The Kier molecular flexibility index (Phi) is 7.03. The van der Waals surface area contributed by atoms with E-state index in [1.165, 1.54) is 37.6 Å². The fourth-order valence-electron chi connectivity index (χ4n) is 2.99. The second kappa shape index (κ2) is 9.02. The van der Waals surface area contributed by atoms with Crippen LogP contribution >= 0.6 is 0 Å². The predicted molar refractivity (Wildman–Crippen MR) is 105 cm³/mol. The van der Waals surface area contributed by atoms with E-state index in [2.05, 4.69) is 35.0 Å². The fraction of sp³-hybridized carbons (Fsp3) is 0.619. The Hall–Kier alpha value is -1.84. The number of benzene rings is 1. The van der Waals surface area contributed by atoms with Crippen LogP contribution in [0.5, 0.6) is 0 Å². The van der Waals surface area contributed by atoms with Crippen LogP contribution in [-0.4, -0.2) is 22.0 Å². The Morgan fingerprint density at radius 1 is 1.12 bits per heavy atom. The molecule has 0 aliphatic heterocycles. The summed E-state index contributed by atoms with van der Waals surface area (Å²) in [6.45, 7) is 9.70. The van der Waals surface area contributed by atoms with Gasteiger partial charge in [0, 0.05) is 24.9 Å². The molecule has 0 aliphatic rings. The standard InChI is InChI=1S/C21H33N3O/c1-5-6-7-8-11-16-24-18-13-10-9-12-17(18)23-19(24)14-15-22-20(25)21(2,3)4/h9-10,12-13H,5-8,11,14-16H2,1-4H3,(H,22,25). The van der Waals surface area contributed by atoms with Gasteiger partial charge >= 0.3 is 0 Å². The van der Waals surface area contributed by atoms with Crippen molar-refractivity contribution in [3.05, 3.63) is 30.1 Å².